The van der Waals surface area contributed by atoms with E-state index < -0.39 is 0 Å². The summed E-state index contributed by atoms with van der Waals surface area (Å²) in [5.74, 6) is 0.185. The molecule has 0 aliphatic rings. The first-order valence-corrected chi connectivity index (χ1v) is 22.0. The van der Waals surface area contributed by atoms with Crippen molar-refractivity contribution in [3.05, 3.63) is 24.3 Å². The van der Waals surface area contributed by atoms with Crippen molar-refractivity contribution < 1.29 is 14.3 Å². The smallest absolute Gasteiger partial charge is 0.223 e. The van der Waals surface area contributed by atoms with Gasteiger partial charge in [-0.15, -0.1) is 0 Å². The second kappa shape index (κ2) is 42.2. The fourth-order valence-corrected chi connectivity index (χ4v) is 6.31. The van der Waals surface area contributed by atoms with Crippen LogP contribution in [0.15, 0.2) is 24.3 Å². The second-order valence-corrected chi connectivity index (χ2v) is 15.0. The molecular weight excluding hydrogens is 617 g/mol. The van der Waals surface area contributed by atoms with Crippen LogP contribution in [0, 0.1) is 0 Å². The van der Waals surface area contributed by atoms with Gasteiger partial charge in [0.2, 0.25) is 5.91 Å². The maximum Gasteiger partial charge on any atom is 0.223 e. The minimum absolute atomic E-state index is 0.185. The van der Waals surface area contributed by atoms with E-state index in [4.69, 9.17) is 9.47 Å². The van der Waals surface area contributed by atoms with E-state index in [1.165, 1.54) is 167 Å². The van der Waals surface area contributed by atoms with Crippen molar-refractivity contribution in [1.29, 1.82) is 0 Å². The predicted molar refractivity (Wildman–Crippen MR) is 220 cm³/mol. The van der Waals surface area contributed by atoms with Crippen LogP contribution in [0.5, 0.6) is 0 Å². The average Bonchev–Trinajstić information content (AvgIpc) is 3.11. The summed E-state index contributed by atoms with van der Waals surface area (Å²) in [5.41, 5.74) is 0. The van der Waals surface area contributed by atoms with Crippen LogP contribution in [0.25, 0.3) is 0 Å². The van der Waals surface area contributed by atoms with Crippen LogP contribution in [0.2, 0.25) is 0 Å². The first-order chi connectivity index (χ1) is 24.6. The molecule has 296 valence electrons. The number of amides is 1. The third-order valence-electron chi connectivity index (χ3n) is 9.85. The number of nitrogens with zero attached hydrogens (tertiary/aromatic N) is 2. The van der Waals surface area contributed by atoms with Crippen molar-refractivity contribution in [3.8, 4) is 0 Å². The molecule has 0 bridgehead atoms. The van der Waals surface area contributed by atoms with Gasteiger partial charge < -0.3 is 14.4 Å². The zero-order valence-electron chi connectivity index (χ0n) is 34.4. The number of unbranched alkanes of at least 4 members (excludes halogenated alkanes) is 24. The molecule has 0 N–H and O–H groups in total. The van der Waals surface area contributed by atoms with E-state index >= 15 is 0 Å². The number of carbonyl (C=O) groups excluding carboxylic acids is 1. The summed E-state index contributed by atoms with van der Waals surface area (Å²) in [6, 6.07) is 0. The number of rotatable bonds is 41. The average molecular weight is 705 g/mol. The summed E-state index contributed by atoms with van der Waals surface area (Å²) in [5, 5.41) is 0. The van der Waals surface area contributed by atoms with Crippen LogP contribution in [0.1, 0.15) is 200 Å². The van der Waals surface area contributed by atoms with E-state index in [2.05, 4.69) is 43.1 Å². The molecule has 0 unspecified atom stereocenters. The van der Waals surface area contributed by atoms with Crippen LogP contribution in [0.4, 0.5) is 0 Å². The molecule has 0 aliphatic heterocycles. The number of carbonyl (C=O) groups is 1. The van der Waals surface area contributed by atoms with E-state index in [0.717, 1.165) is 58.9 Å². The molecule has 0 saturated heterocycles. The lowest BCUT2D eigenvalue weighted by molar-refractivity contribution is -0.129. The van der Waals surface area contributed by atoms with Gasteiger partial charge in [0.25, 0.3) is 0 Å². The summed E-state index contributed by atoms with van der Waals surface area (Å²) >= 11 is 0. The predicted octanol–water partition coefficient (Wildman–Crippen LogP) is 12.9. The fourth-order valence-electron chi connectivity index (χ4n) is 6.31. The van der Waals surface area contributed by atoms with Crippen molar-refractivity contribution in [2.75, 3.05) is 60.2 Å². The van der Waals surface area contributed by atoms with Crippen LogP contribution >= 0.6 is 0 Å². The zero-order chi connectivity index (χ0) is 36.4. The molecule has 5 nitrogen and oxygen atoms in total. The SMILES string of the molecule is CCCCCCCCC=CCCCCCCCCOCCN(CCOCCCCCCCCC=CCCCCCCCC)CCC(=O)N(C)C. The first-order valence-electron chi connectivity index (χ1n) is 22.0. The maximum atomic E-state index is 12.2. The molecule has 0 aromatic carbocycles. The van der Waals surface area contributed by atoms with Gasteiger partial charge in [0.1, 0.15) is 0 Å². The molecule has 0 aliphatic carbocycles. The zero-order valence-corrected chi connectivity index (χ0v) is 34.4. The molecule has 0 spiro atoms. The van der Waals surface area contributed by atoms with Crippen molar-refractivity contribution in [2.24, 2.45) is 0 Å². The van der Waals surface area contributed by atoms with Crippen molar-refractivity contribution >= 4 is 5.91 Å². The molecule has 0 radical (unpaired) electrons. The number of ether oxygens (including phenoxy) is 2. The van der Waals surface area contributed by atoms with Crippen LogP contribution < -0.4 is 0 Å². The van der Waals surface area contributed by atoms with E-state index in [-0.39, 0.29) is 5.91 Å². The Morgan fingerprint density at radius 1 is 0.420 bits per heavy atom. The number of allylic oxidation sites excluding steroid dienone is 4. The van der Waals surface area contributed by atoms with Crippen molar-refractivity contribution in [1.82, 2.24) is 9.80 Å². The number of hydrogen-bond acceptors (Lipinski definition) is 4. The van der Waals surface area contributed by atoms with Gasteiger partial charge in [-0.05, 0) is 64.2 Å². The summed E-state index contributed by atoms with van der Waals surface area (Å²) in [6.07, 6.45) is 47.4. The normalized spacial score (nSPS) is 11.9. The van der Waals surface area contributed by atoms with Crippen molar-refractivity contribution in [2.45, 2.75) is 200 Å². The Bertz CT molecular complexity index is 675. The largest absolute Gasteiger partial charge is 0.380 e. The highest BCUT2D eigenvalue weighted by molar-refractivity contribution is 5.75. The lowest BCUT2D eigenvalue weighted by Gasteiger charge is -2.23. The lowest BCUT2D eigenvalue weighted by Crippen LogP contribution is -2.35. The molecule has 0 saturated carbocycles. The Hall–Kier alpha value is -1.17. The highest BCUT2D eigenvalue weighted by Gasteiger charge is 2.10. The quantitative estimate of drug-likeness (QED) is 0.0469. The van der Waals surface area contributed by atoms with Crippen LogP contribution in [0.3, 0.4) is 0 Å². The van der Waals surface area contributed by atoms with Gasteiger partial charge in [0.05, 0.1) is 13.2 Å². The Morgan fingerprint density at radius 3 is 1.08 bits per heavy atom. The Labute approximate surface area is 313 Å². The summed E-state index contributed by atoms with van der Waals surface area (Å²) in [4.78, 5) is 16.2. The summed E-state index contributed by atoms with van der Waals surface area (Å²) in [6.45, 7) is 10.2. The molecule has 0 rings (SSSR count). The minimum atomic E-state index is 0.185. The maximum absolute atomic E-state index is 12.2. The molecule has 50 heavy (non-hydrogen) atoms. The molecule has 0 aromatic rings. The number of hydrogen-bond donors (Lipinski definition) is 0. The van der Waals surface area contributed by atoms with Gasteiger partial charge >= 0.3 is 0 Å². The molecular formula is C45H88N2O3. The van der Waals surface area contributed by atoms with Gasteiger partial charge in [-0.2, -0.15) is 0 Å². The van der Waals surface area contributed by atoms with Gasteiger partial charge in [0.15, 0.2) is 0 Å². The molecule has 0 aromatic heterocycles. The molecule has 1 amide bonds. The minimum Gasteiger partial charge on any atom is -0.380 e. The molecule has 0 atom stereocenters. The Morgan fingerprint density at radius 2 is 0.740 bits per heavy atom. The molecule has 5 heteroatoms. The highest BCUT2D eigenvalue weighted by Crippen LogP contribution is 2.12. The Balaban J connectivity index is 3.74. The van der Waals surface area contributed by atoms with Gasteiger partial charge in [-0.25, -0.2) is 0 Å². The van der Waals surface area contributed by atoms with Crippen LogP contribution in [-0.2, 0) is 14.3 Å². The topological polar surface area (TPSA) is 42.0 Å². The Kier molecular flexibility index (Phi) is 41.3. The monoisotopic (exact) mass is 705 g/mol. The third kappa shape index (κ3) is 39.6. The van der Waals surface area contributed by atoms with E-state index in [1.54, 1.807) is 4.90 Å². The van der Waals surface area contributed by atoms with E-state index in [0.29, 0.717) is 6.42 Å². The summed E-state index contributed by atoms with van der Waals surface area (Å²) < 4.78 is 12.0. The van der Waals surface area contributed by atoms with E-state index in [9.17, 15) is 4.79 Å². The van der Waals surface area contributed by atoms with Gasteiger partial charge in [-0.3, -0.25) is 9.69 Å². The van der Waals surface area contributed by atoms with Gasteiger partial charge in [-0.1, -0.05) is 154 Å². The third-order valence-corrected chi connectivity index (χ3v) is 9.85. The van der Waals surface area contributed by atoms with Crippen molar-refractivity contribution in [3.63, 3.8) is 0 Å². The molecule has 0 fully saturated rings. The highest BCUT2D eigenvalue weighted by atomic mass is 16.5. The fraction of sp³-hybridized carbons (Fsp3) is 0.889. The second-order valence-electron chi connectivity index (χ2n) is 15.0. The van der Waals surface area contributed by atoms with Gasteiger partial charge in [0, 0.05) is 53.4 Å². The summed E-state index contributed by atoms with van der Waals surface area (Å²) in [7, 11) is 3.67. The standard InChI is InChI=1S/C45H88N2O3/c1-5-7-9-11-13-15-17-19-21-23-25-27-29-31-33-35-41-49-43-39-47(38-37-45(48)46(3)4)40-44-50-42-36-34-32-30-28-26-24-22-20-18-16-14-12-10-8-6-2/h19-22H,5-18,23-44H2,1-4H3. The first kappa shape index (κ1) is 48.8. The van der Waals surface area contributed by atoms with Crippen LogP contribution in [-0.4, -0.2) is 75.9 Å². The lowest BCUT2D eigenvalue weighted by atomic mass is 10.1. The molecule has 0 heterocycles. The van der Waals surface area contributed by atoms with E-state index in [1.807, 2.05) is 14.1 Å².